The predicted molar refractivity (Wildman–Crippen MR) is 136 cm³/mol. The van der Waals surface area contributed by atoms with E-state index in [-0.39, 0.29) is 17.7 Å². The quantitative estimate of drug-likeness (QED) is 0.461. The predicted octanol–water partition coefficient (Wildman–Crippen LogP) is 3.12. The van der Waals surface area contributed by atoms with Gasteiger partial charge in [0.25, 0.3) is 0 Å². The van der Waals surface area contributed by atoms with Crippen LogP contribution in [0.15, 0.2) is 53.9 Å². The fourth-order valence-electron chi connectivity index (χ4n) is 4.64. The molecule has 2 aromatic heterocycles. The van der Waals surface area contributed by atoms with Crippen molar-refractivity contribution in [3.63, 3.8) is 0 Å². The molecule has 5 N–H and O–H groups in total. The van der Waals surface area contributed by atoms with Gasteiger partial charge < -0.3 is 16.8 Å². The Balaban J connectivity index is 1.39. The Morgan fingerprint density at radius 2 is 1.97 bits per heavy atom. The number of primary amides is 1. The van der Waals surface area contributed by atoms with Crippen LogP contribution in [0.2, 0.25) is 0 Å². The third kappa shape index (κ3) is 5.46. The van der Waals surface area contributed by atoms with Crippen molar-refractivity contribution in [1.82, 2.24) is 15.2 Å². The summed E-state index contributed by atoms with van der Waals surface area (Å²) >= 11 is 1.74. The van der Waals surface area contributed by atoms with E-state index < -0.39 is 12.1 Å². The summed E-state index contributed by atoms with van der Waals surface area (Å²) in [6.07, 6.45) is 1.52. The van der Waals surface area contributed by atoms with Crippen molar-refractivity contribution in [2.24, 2.45) is 11.7 Å². The molecule has 0 spiro atoms. The minimum atomic E-state index is -0.465. The molecule has 0 aliphatic carbocycles. The van der Waals surface area contributed by atoms with Crippen LogP contribution in [0.1, 0.15) is 29.5 Å². The van der Waals surface area contributed by atoms with Crippen molar-refractivity contribution in [3.05, 3.63) is 70.0 Å². The summed E-state index contributed by atoms with van der Waals surface area (Å²) in [5.74, 6) is 0.205. The zero-order valence-electron chi connectivity index (χ0n) is 19.5. The van der Waals surface area contributed by atoms with Crippen LogP contribution in [-0.4, -0.2) is 40.3 Å². The van der Waals surface area contributed by atoms with Crippen molar-refractivity contribution in [2.75, 3.05) is 12.3 Å². The molecule has 1 aliphatic rings. The third-order valence-corrected chi connectivity index (χ3v) is 7.51. The average Bonchev–Trinajstić information content (AvgIpc) is 3.46. The van der Waals surface area contributed by atoms with E-state index in [0.717, 1.165) is 17.7 Å². The van der Waals surface area contributed by atoms with Crippen molar-refractivity contribution in [3.8, 4) is 11.1 Å². The zero-order valence-corrected chi connectivity index (χ0v) is 20.3. The molecule has 1 saturated heterocycles. The molecule has 4 rings (SSSR count). The first-order valence-electron chi connectivity index (χ1n) is 11.5. The Labute approximate surface area is 204 Å². The molecule has 3 heterocycles. The van der Waals surface area contributed by atoms with Crippen LogP contribution in [0.5, 0.6) is 0 Å². The Kier molecular flexibility index (Phi) is 7.29. The van der Waals surface area contributed by atoms with Gasteiger partial charge in [0.1, 0.15) is 5.82 Å². The molecule has 1 fully saturated rings. The van der Waals surface area contributed by atoms with E-state index in [1.807, 2.05) is 43.0 Å². The number of nitrogens with two attached hydrogens (primary N) is 2. The highest BCUT2D eigenvalue weighted by molar-refractivity contribution is 7.10. The number of nitrogen functional groups attached to an aromatic ring is 1. The summed E-state index contributed by atoms with van der Waals surface area (Å²) in [6.45, 7) is 4.71. The molecule has 1 aliphatic heterocycles. The average molecular weight is 478 g/mol. The number of amides is 2. The molecule has 2 unspecified atom stereocenters. The summed E-state index contributed by atoms with van der Waals surface area (Å²) in [4.78, 5) is 32.6. The SMILES string of the molecule is Cc1nc(N)ccc1CNC(=O)[C@H](C)N1CC(Cc2cc(-c3ccccc3)cs2)CC1C(N)=O. The first-order chi connectivity index (χ1) is 16.3. The smallest absolute Gasteiger partial charge is 0.237 e. The monoisotopic (exact) mass is 477 g/mol. The Morgan fingerprint density at radius 1 is 1.21 bits per heavy atom. The number of hydrogen-bond acceptors (Lipinski definition) is 6. The number of nitrogens with one attached hydrogen (secondary N) is 1. The summed E-state index contributed by atoms with van der Waals surface area (Å²) in [6, 6.07) is 15.2. The Morgan fingerprint density at radius 3 is 2.68 bits per heavy atom. The Hall–Kier alpha value is -3.23. The lowest BCUT2D eigenvalue weighted by atomic mass is 10.00. The molecule has 2 amide bonds. The van der Waals surface area contributed by atoms with Gasteiger partial charge in [-0.05, 0) is 66.8 Å². The number of pyridine rings is 1. The molecule has 178 valence electrons. The standard InChI is InChI=1S/C26H31N5O2S/c1-16-20(8-9-24(27)30-16)13-29-26(33)17(2)31-14-18(11-23(31)25(28)32)10-22-12-21(15-34-22)19-6-4-3-5-7-19/h3-9,12,15,17-18,23H,10-11,13-14H2,1-2H3,(H2,27,30)(H2,28,32)(H,29,33)/t17-,18?,23?/m0/s1. The van der Waals surface area contributed by atoms with Crippen LogP contribution in [0.4, 0.5) is 5.82 Å². The number of anilines is 1. The first kappa shape index (κ1) is 23.9. The van der Waals surface area contributed by atoms with Gasteiger partial charge in [-0.3, -0.25) is 14.5 Å². The second-order valence-corrected chi connectivity index (χ2v) is 9.96. The van der Waals surface area contributed by atoms with Crippen molar-refractivity contribution >= 4 is 29.0 Å². The molecule has 3 aromatic rings. The van der Waals surface area contributed by atoms with Crippen molar-refractivity contribution in [1.29, 1.82) is 0 Å². The highest BCUT2D eigenvalue weighted by Crippen LogP contribution is 2.32. The van der Waals surface area contributed by atoms with E-state index in [4.69, 9.17) is 11.5 Å². The minimum absolute atomic E-state index is 0.134. The van der Waals surface area contributed by atoms with E-state index >= 15 is 0 Å². The van der Waals surface area contributed by atoms with Gasteiger partial charge in [-0.15, -0.1) is 11.3 Å². The number of carbonyl (C=O) groups is 2. The van der Waals surface area contributed by atoms with Gasteiger partial charge in [0, 0.05) is 23.7 Å². The summed E-state index contributed by atoms with van der Waals surface area (Å²) in [5, 5.41) is 5.14. The fourth-order valence-corrected chi connectivity index (χ4v) is 5.65. The van der Waals surface area contributed by atoms with Crippen LogP contribution in [0, 0.1) is 12.8 Å². The van der Waals surface area contributed by atoms with Gasteiger partial charge in [-0.25, -0.2) is 4.98 Å². The molecule has 1 aromatic carbocycles. The van der Waals surface area contributed by atoms with Crippen molar-refractivity contribution in [2.45, 2.75) is 45.3 Å². The molecular weight excluding hydrogens is 446 g/mol. The molecule has 0 radical (unpaired) electrons. The Bertz CT molecular complexity index is 1160. The first-order valence-corrected chi connectivity index (χ1v) is 12.4. The molecular formula is C26H31N5O2S. The second kappa shape index (κ2) is 10.4. The van der Waals surface area contributed by atoms with Crippen LogP contribution < -0.4 is 16.8 Å². The molecule has 0 saturated carbocycles. The van der Waals surface area contributed by atoms with Crippen LogP contribution in [-0.2, 0) is 22.6 Å². The van der Waals surface area contributed by atoms with E-state index in [0.29, 0.717) is 25.3 Å². The maximum absolute atomic E-state index is 12.9. The summed E-state index contributed by atoms with van der Waals surface area (Å²) < 4.78 is 0. The number of rotatable bonds is 8. The van der Waals surface area contributed by atoms with Gasteiger partial charge in [-0.2, -0.15) is 0 Å². The topological polar surface area (TPSA) is 114 Å². The number of thiophene rings is 1. The van der Waals surface area contributed by atoms with E-state index in [9.17, 15) is 9.59 Å². The fraction of sp³-hybridized carbons (Fsp3) is 0.346. The summed E-state index contributed by atoms with van der Waals surface area (Å²) in [7, 11) is 0. The normalized spacial score (nSPS) is 19.1. The molecule has 8 heteroatoms. The zero-order chi connectivity index (χ0) is 24.2. The number of benzene rings is 1. The second-order valence-electron chi connectivity index (χ2n) is 8.96. The van der Waals surface area contributed by atoms with Gasteiger partial charge in [0.05, 0.1) is 12.1 Å². The maximum atomic E-state index is 12.9. The number of aryl methyl sites for hydroxylation is 1. The number of carbonyl (C=O) groups excluding carboxylic acids is 2. The molecule has 34 heavy (non-hydrogen) atoms. The lowest BCUT2D eigenvalue weighted by molar-refractivity contribution is -0.129. The van der Waals surface area contributed by atoms with Gasteiger partial charge in [0.15, 0.2) is 0 Å². The van der Waals surface area contributed by atoms with Gasteiger partial charge in [0.2, 0.25) is 11.8 Å². The molecule has 7 nitrogen and oxygen atoms in total. The van der Waals surface area contributed by atoms with E-state index in [2.05, 4.69) is 33.9 Å². The largest absolute Gasteiger partial charge is 0.384 e. The van der Waals surface area contributed by atoms with Gasteiger partial charge >= 0.3 is 0 Å². The highest BCUT2D eigenvalue weighted by atomic mass is 32.1. The summed E-state index contributed by atoms with van der Waals surface area (Å²) in [5.41, 5.74) is 15.5. The molecule has 0 bridgehead atoms. The lowest BCUT2D eigenvalue weighted by Gasteiger charge is -2.28. The maximum Gasteiger partial charge on any atom is 0.237 e. The van der Waals surface area contributed by atoms with Crippen LogP contribution in [0.3, 0.4) is 0 Å². The number of hydrogen-bond donors (Lipinski definition) is 3. The molecule has 3 atom stereocenters. The highest BCUT2D eigenvalue weighted by Gasteiger charge is 2.40. The number of likely N-dealkylation sites (tertiary alicyclic amines) is 1. The van der Waals surface area contributed by atoms with Crippen LogP contribution >= 0.6 is 11.3 Å². The lowest BCUT2D eigenvalue weighted by Crippen LogP contribution is -2.51. The van der Waals surface area contributed by atoms with Gasteiger partial charge in [-0.1, -0.05) is 36.4 Å². The number of aromatic nitrogens is 1. The van der Waals surface area contributed by atoms with E-state index in [1.54, 1.807) is 17.4 Å². The van der Waals surface area contributed by atoms with Crippen LogP contribution in [0.25, 0.3) is 11.1 Å². The minimum Gasteiger partial charge on any atom is -0.384 e. The third-order valence-electron chi connectivity index (χ3n) is 6.55. The number of nitrogens with zero attached hydrogens (tertiary/aromatic N) is 2. The van der Waals surface area contributed by atoms with E-state index in [1.165, 1.54) is 16.0 Å². The van der Waals surface area contributed by atoms with Crippen molar-refractivity contribution < 1.29 is 9.59 Å².